The molecule has 1 aromatic rings. The molecule has 0 saturated heterocycles. The van der Waals surface area contributed by atoms with Crippen molar-refractivity contribution >= 4 is 17.7 Å². The zero-order chi connectivity index (χ0) is 14.7. The van der Waals surface area contributed by atoms with Gasteiger partial charge in [0.1, 0.15) is 5.69 Å². The molecule has 5 nitrogen and oxygen atoms in total. The smallest absolute Gasteiger partial charge is 0.271 e. The van der Waals surface area contributed by atoms with Gasteiger partial charge in [-0.3, -0.25) is 9.89 Å². The topological polar surface area (TPSA) is 78.0 Å². The number of thioether (sulfide) groups is 1. The SMILES string of the molecule is CSCC(C)(O)CNC(=O)c1cc(C(C)(C)C)[nH]n1. The molecule has 0 radical (unpaired) electrons. The van der Waals surface area contributed by atoms with E-state index in [4.69, 9.17) is 0 Å². The predicted octanol–water partition coefficient (Wildman–Crippen LogP) is 1.55. The number of amides is 1. The quantitative estimate of drug-likeness (QED) is 0.767. The van der Waals surface area contributed by atoms with Crippen molar-refractivity contribution < 1.29 is 9.90 Å². The molecule has 6 heteroatoms. The minimum atomic E-state index is -0.905. The van der Waals surface area contributed by atoms with Gasteiger partial charge in [-0.2, -0.15) is 16.9 Å². The summed E-state index contributed by atoms with van der Waals surface area (Å²) in [6.07, 6.45) is 1.92. The Hall–Kier alpha value is -1.01. The molecule has 3 N–H and O–H groups in total. The van der Waals surface area contributed by atoms with Crippen molar-refractivity contribution in [2.45, 2.75) is 38.7 Å². The van der Waals surface area contributed by atoms with E-state index in [2.05, 4.69) is 15.5 Å². The van der Waals surface area contributed by atoms with E-state index in [0.717, 1.165) is 5.69 Å². The van der Waals surface area contributed by atoms with Crippen LogP contribution in [0.5, 0.6) is 0 Å². The number of hydrogen-bond acceptors (Lipinski definition) is 4. The van der Waals surface area contributed by atoms with Crippen molar-refractivity contribution in [1.82, 2.24) is 15.5 Å². The van der Waals surface area contributed by atoms with Crippen LogP contribution in [-0.4, -0.2) is 45.4 Å². The summed E-state index contributed by atoms with van der Waals surface area (Å²) in [6, 6.07) is 1.75. The molecule has 0 aromatic carbocycles. The fraction of sp³-hybridized carbons (Fsp3) is 0.692. The zero-order valence-electron chi connectivity index (χ0n) is 12.2. The Kier molecular flexibility index (Phi) is 5.04. The van der Waals surface area contributed by atoms with Crippen LogP contribution in [-0.2, 0) is 5.41 Å². The van der Waals surface area contributed by atoms with Crippen LogP contribution in [0.25, 0.3) is 0 Å². The van der Waals surface area contributed by atoms with Crippen molar-refractivity contribution in [3.63, 3.8) is 0 Å². The van der Waals surface area contributed by atoms with Gasteiger partial charge in [-0.25, -0.2) is 0 Å². The summed E-state index contributed by atoms with van der Waals surface area (Å²) in [5, 5.41) is 19.6. The number of nitrogens with zero attached hydrogens (tertiary/aromatic N) is 1. The standard InChI is InChI=1S/C13H23N3O2S/c1-12(2,3)10-6-9(15-16-10)11(17)14-7-13(4,18)8-19-5/h6,18H,7-8H2,1-5H3,(H,14,17)(H,15,16). The second kappa shape index (κ2) is 5.96. The molecule has 0 bridgehead atoms. The maximum absolute atomic E-state index is 11.9. The van der Waals surface area contributed by atoms with E-state index >= 15 is 0 Å². The summed E-state index contributed by atoms with van der Waals surface area (Å²) < 4.78 is 0. The summed E-state index contributed by atoms with van der Waals surface area (Å²) in [5.74, 6) is 0.300. The number of aromatic amines is 1. The number of aromatic nitrogens is 2. The average Bonchev–Trinajstić information content (AvgIpc) is 2.74. The summed E-state index contributed by atoms with van der Waals surface area (Å²) >= 11 is 1.54. The summed E-state index contributed by atoms with van der Waals surface area (Å²) in [5.41, 5.74) is 0.284. The molecular formula is C13H23N3O2S. The van der Waals surface area contributed by atoms with Crippen LogP contribution in [0.4, 0.5) is 0 Å². The fourth-order valence-electron chi connectivity index (χ4n) is 1.55. The Balaban J connectivity index is 2.62. The highest BCUT2D eigenvalue weighted by Gasteiger charge is 2.23. The molecule has 1 rings (SSSR count). The number of rotatable bonds is 5. The first-order valence-corrected chi connectivity index (χ1v) is 7.60. The van der Waals surface area contributed by atoms with Crippen LogP contribution in [0.2, 0.25) is 0 Å². The first-order valence-electron chi connectivity index (χ1n) is 6.21. The number of hydrogen-bond donors (Lipinski definition) is 3. The normalized spacial score (nSPS) is 15.1. The fourth-order valence-corrected chi connectivity index (χ4v) is 2.27. The Bertz CT molecular complexity index is 435. The summed E-state index contributed by atoms with van der Waals surface area (Å²) in [6.45, 7) is 8.06. The molecule has 1 unspecified atom stereocenters. The van der Waals surface area contributed by atoms with Gasteiger partial charge in [0.2, 0.25) is 0 Å². The molecule has 1 aromatic heterocycles. The molecule has 0 aliphatic carbocycles. The third-order valence-corrected chi connectivity index (χ3v) is 3.61. The minimum absolute atomic E-state index is 0.0735. The van der Waals surface area contributed by atoms with Gasteiger partial charge in [-0.05, 0) is 19.2 Å². The largest absolute Gasteiger partial charge is 0.387 e. The van der Waals surface area contributed by atoms with Gasteiger partial charge in [-0.1, -0.05) is 20.8 Å². The van der Waals surface area contributed by atoms with Crippen molar-refractivity contribution in [2.24, 2.45) is 0 Å². The zero-order valence-corrected chi connectivity index (χ0v) is 13.0. The van der Waals surface area contributed by atoms with E-state index in [9.17, 15) is 9.90 Å². The van der Waals surface area contributed by atoms with Gasteiger partial charge in [0, 0.05) is 23.4 Å². The molecule has 1 amide bonds. The molecule has 0 saturated carbocycles. The van der Waals surface area contributed by atoms with Crippen molar-refractivity contribution in [2.75, 3.05) is 18.6 Å². The van der Waals surface area contributed by atoms with E-state index in [1.807, 2.05) is 27.0 Å². The lowest BCUT2D eigenvalue weighted by atomic mass is 9.92. The second-order valence-corrected chi connectivity index (χ2v) is 6.90. The molecular weight excluding hydrogens is 262 g/mol. The Morgan fingerprint density at radius 2 is 2.11 bits per heavy atom. The molecule has 0 spiro atoms. The molecule has 0 aliphatic rings. The molecule has 19 heavy (non-hydrogen) atoms. The molecule has 1 atom stereocenters. The highest BCUT2D eigenvalue weighted by molar-refractivity contribution is 7.98. The van der Waals surface area contributed by atoms with Crippen LogP contribution in [0.3, 0.4) is 0 Å². The van der Waals surface area contributed by atoms with Gasteiger partial charge >= 0.3 is 0 Å². The number of H-pyrrole nitrogens is 1. The van der Waals surface area contributed by atoms with E-state index in [1.54, 1.807) is 24.8 Å². The first-order chi connectivity index (χ1) is 8.65. The van der Waals surface area contributed by atoms with Gasteiger partial charge in [0.15, 0.2) is 0 Å². The van der Waals surface area contributed by atoms with Crippen molar-refractivity contribution in [1.29, 1.82) is 0 Å². The molecule has 1 heterocycles. The van der Waals surface area contributed by atoms with Gasteiger partial charge in [-0.15, -0.1) is 0 Å². The Morgan fingerprint density at radius 1 is 1.47 bits per heavy atom. The summed E-state index contributed by atoms with van der Waals surface area (Å²) in [4.78, 5) is 11.9. The number of carbonyl (C=O) groups excluding carboxylic acids is 1. The average molecular weight is 285 g/mol. The predicted molar refractivity (Wildman–Crippen MR) is 78.6 cm³/mol. The molecule has 0 fully saturated rings. The number of aliphatic hydroxyl groups is 1. The van der Waals surface area contributed by atoms with Gasteiger partial charge in [0.05, 0.1) is 5.60 Å². The van der Waals surface area contributed by atoms with E-state index < -0.39 is 5.60 Å². The molecule has 108 valence electrons. The Morgan fingerprint density at radius 3 is 2.58 bits per heavy atom. The monoisotopic (exact) mass is 285 g/mol. The molecule has 0 aliphatic heterocycles. The highest BCUT2D eigenvalue weighted by Crippen LogP contribution is 2.20. The van der Waals surface area contributed by atoms with Crippen molar-refractivity contribution in [3.05, 3.63) is 17.5 Å². The number of nitrogens with one attached hydrogen (secondary N) is 2. The summed E-state index contributed by atoms with van der Waals surface area (Å²) in [7, 11) is 0. The van der Waals surface area contributed by atoms with Crippen LogP contribution < -0.4 is 5.32 Å². The van der Waals surface area contributed by atoms with Crippen molar-refractivity contribution in [3.8, 4) is 0 Å². The Labute approximate surface area is 118 Å². The first kappa shape index (κ1) is 16.0. The maximum atomic E-state index is 11.9. The minimum Gasteiger partial charge on any atom is -0.387 e. The van der Waals surface area contributed by atoms with E-state index in [0.29, 0.717) is 11.4 Å². The van der Waals surface area contributed by atoms with Crippen LogP contribution in [0.15, 0.2) is 6.07 Å². The van der Waals surface area contributed by atoms with Crippen LogP contribution in [0, 0.1) is 0 Å². The lowest BCUT2D eigenvalue weighted by molar-refractivity contribution is 0.0722. The van der Waals surface area contributed by atoms with E-state index in [1.165, 1.54) is 0 Å². The van der Waals surface area contributed by atoms with E-state index in [-0.39, 0.29) is 17.9 Å². The third-order valence-electron chi connectivity index (χ3n) is 2.70. The maximum Gasteiger partial charge on any atom is 0.271 e. The van der Waals surface area contributed by atoms with Gasteiger partial charge < -0.3 is 10.4 Å². The number of carbonyl (C=O) groups is 1. The van der Waals surface area contributed by atoms with Crippen LogP contribution in [0.1, 0.15) is 43.9 Å². The highest BCUT2D eigenvalue weighted by atomic mass is 32.2. The lowest BCUT2D eigenvalue weighted by Crippen LogP contribution is -2.42. The van der Waals surface area contributed by atoms with Crippen LogP contribution >= 0.6 is 11.8 Å². The second-order valence-electron chi connectivity index (χ2n) is 6.03. The third kappa shape index (κ3) is 4.87. The van der Waals surface area contributed by atoms with Gasteiger partial charge in [0.25, 0.3) is 5.91 Å². The lowest BCUT2D eigenvalue weighted by Gasteiger charge is -2.22.